The maximum atomic E-state index is 13.7. The van der Waals surface area contributed by atoms with Gasteiger partial charge in [-0.3, -0.25) is 14.5 Å². The Hall–Kier alpha value is -3.09. The Kier molecular flexibility index (Phi) is 10.4. The number of hydrogen-bond donors (Lipinski definition) is 1. The molecule has 1 aromatic carbocycles. The lowest BCUT2D eigenvalue weighted by Gasteiger charge is -2.37. The van der Waals surface area contributed by atoms with E-state index in [1.165, 1.54) is 35.9 Å². The minimum atomic E-state index is -4.62. The number of halogens is 4. The molecule has 1 N–H and O–H groups in total. The van der Waals surface area contributed by atoms with E-state index in [0.717, 1.165) is 36.9 Å². The van der Waals surface area contributed by atoms with E-state index in [9.17, 15) is 27.9 Å². The predicted octanol–water partition coefficient (Wildman–Crippen LogP) is 7.26. The number of carboxylic acid groups (broad SMARTS) is 1. The van der Waals surface area contributed by atoms with Crippen molar-refractivity contribution in [3.05, 3.63) is 56.8 Å². The van der Waals surface area contributed by atoms with Crippen LogP contribution in [-0.4, -0.2) is 62.9 Å². The fourth-order valence-electron chi connectivity index (χ4n) is 5.79. The van der Waals surface area contributed by atoms with Crippen molar-refractivity contribution >= 4 is 40.5 Å². The summed E-state index contributed by atoms with van der Waals surface area (Å²) in [5.41, 5.74) is 0.0807. The molecule has 2 aromatic heterocycles. The van der Waals surface area contributed by atoms with Gasteiger partial charge in [-0.2, -0.15) is 13.2 Å². The summed E-state index contributed by atoms with van der Waals surface area (Å²) in [5, 5.41) is 9.32. The molecule has 2 saturated heterocycles. The van der Waals surface area contributed by atoms with E-state index in [1.807, 2.05) is 4.90 Å². The van der Waals surface area contributed by atoms with Gasteiger partial charge in [-0.1, -0.05) is 38.9 Å². The number of rotatable bonds is 8. The summed E-state index contributed by atoms with van der Waals surface area (Å²) in [6.45, 7) is 7.73. The number of thiazole rings is 1. The second-order valence-electron chi connectivity index (χ2n) is 12.0. The molecule has 0 unspecified atom stereocenters. The largest absolute Gasteiger partial charge is 0.481 e. The molecule has 0 spiro atoms. The smallest absolute Gasteiger partial charge is 0.417 e. The molecule has 0 radical (unpaired) electrons. The normalized spacial score (nSPS) is 17.7. The maximum absolute atomic E-state index is 13.7. The number of benzene rings is 1. The molecule has 0 bridgehead atoms. The number of carbonyl (C=O) groups is 2. The van der Waals surface area contributed by atoms with Gasteiger partial charge in [0.25, 0.3) is 0 Å². The number of alkyl halides is 3. The van der Waals surface area contributed by atoms with Gasteiger partial charge >= 0.3 is 12.1 Å². The van der Waals surface area contributed by atoms with Gasteiger partial charge in [0.15, 0.2) is 5.78 Å². The first-order valence-electron chi connectivity index (χ1n) is 14.2. The average molecular weight is 652 g/mol. The van der Waals surface area contributed by atoms with E-state index in [0.29, 0.717) is 54.6 Å². The van der Waals surface area contributed by atoms with Gasteiger partial charge < -0.3 is 10.0 Å². The van der Waals surface area contributed by atoms with E-state index >= 15 is 0 Å². The van der Waals surface area contributed by atoms with Crippen LogP contribution in [0.15, 0.2) is 30.6 Å². The first-order chi connectivity index (χ1) is 20.3. The molecule has 2 fully saturated rings. The zero-order valence-corrected chi connectivity index (χ0v) is 25.5. The van der Waals surface area contributed by atoms with Gasteiger partial charge in [-0.05, 0) is 49.8 Å². The Labute approximate surface area is 264 Å². The lowest BCUT2D eigenvalue weighted by atomic mass is 9.84. The Morgan fingerprint density at radius 1 is 1.14 bits per heavy atom. The van der Waals surface area contributed by atoms with Crippen molar-refractivity contribution < 1.29 is 27.9 Å². The number of likely N-dealkylation sites (tertiary alicyclic amines) is 1. The van der Waals surface area contributed by atoms with Crippen molar-refractivity contribution in [1.29, 1.82) is 0 Å². The molecule has 4 heterocycles. The van der Waals surface area contributed by atoms with Crippen LogP contribution in [0.25, 0.3) is 11.3 Å². The molecule has 13 heteroatoms. The zero-order valence-electron chi connectivity index (χ0n) is 24.0. The van der Waals surface area contributed by atoms with Crippen molar-refractivity contribution in [2.75, 3.05) is 31.1 Å². The van der Waals surface area contributed by atoms with Gasteiger partial charge in [0, 0.05) is 36.6 Å². The van der Waals surface area contributed by atoms with E-state index in [1.54, 1.807) is 0 Å². The highest BCUT2D eigenvalue weighted by molar-refractivity contribution is 7.12. The molecule has 3 aromatic rings. The number of piperidine rings is 2. The molecule has 0 amide bonds. The zero-order chi connectivity index (χ0) is 30.9. The minimum absolute atomic E-state index is 0. The number of carbonyl (C=O) groups excluding carboxylic acids is 1. The van der Waals surface area contributed by atoms with Crippen LogP contribution in [0.3, 0.4) is 0 Å². The molecule has 8 nitrogen and oxygen atoms in total. The lowest BCUT2D eigenvalue weighted by molar-refractivity contribution is -0.142. The molecular formula is C31H37ClF3N5O3S. The van der Waals surface area contributed by atoms with E-state index < -0.39 is 17.7 Å². The number of carboxylic acids is 1. The average Bonchev–Trinajstić information content (AvgIpc) is 3.33. The summed E-state index contributed by atoms with van der Waals surface area (Å²) in [7, 11) is 0. The summed E-state index contributed by atoms with van der Waals surface area (Å²) in [5.74, 6) is -0.891. The standard InChI is InChI=1S/C30H33ClF3N5O3S.CH4/c1-29(2)8-3-9-38(17-29)16-24-27(19-4-5-21(31)20(12-19)30(32,33)34)37-26(43-24)13-23(40)22-14-36-25(15-35-22)39-10-6-18(7-11-39)28(41)42;/h4-5,12,14-15,18H,3,6-11,13,16-17H2,1-2H3,(H,41,42);1H4. The third kappa shape index (κ3) is 7.94. The van der Waals surface area contributed by atoms with Gasteiger partial charge in [-0.15, -0.1) is 11.3 Å². The number of ketones is 1. The SMILES string of the molecule is C.CC1(C)CCCN(Cc2sc(CC(=O)c3cnc(N4CCC(C(=O)O)CC4)cn3)nc2-c2ccc(Cl)c(C(F)(F)F)c2)C1. The van der Waals surface area contributed by atoms with Gasteiger partial charge in [-0.25, -0.2) is 15.0 Å². The summed E-state index contributed by atoms with van der Waals surface area (Å²) < 4.78 is 41.0. The molecule has 2 aliphatic rings. The predicted molar refractivity (Wildman–Crippen MR) is 165 cm³/mol. The van der Waals surface area contributed by atoms with Gasteiger partial charge in [0.2, 0.25) is 0 Å². The number of aliphatic carboxylic acids is 1. The topological polar surface area (TPSA) is 99.5 Å². The lowest BCUT2D eigenvalue weighted by Crippen LogP contribution is -2.39. The van der Waals surface area contributed by atoms with Crippen LogP contribution in [0.2, 0.25) is 5.02 Å². The summed E-state index contributed by atoms with van der Waals surface area (Å²) in [4.78, 5) is 42.8. The number of aromatic nitrogens is 3. The summed E-state index contributed by atoms with van der Waals surface area (Å²) in [6.07, 6.45) is 1.39. The van der Waals surface area contributed by atoms with E-state index in [4.69, 9.17) is 11.6 Å². The van der Waals surface area contributed by atoms with Crippen molar-refractivity contribution in [2.45, 2.75) is 66.1 Å². The molecule has 44 heavy (non-hydrogen) atoms. The third-order valence-electron chi connectivity index (χ3n) is 8.04. The molecule has 5 rings (SSSR count). The van der Waals surface area contributed by atoms with Crippen molar-refractivity contribution in [3.63, 3.8) is 0 Å². The van der Waals surface area contributed by atoms with E-state index in [2.05, 4.69) is 33.7 Å². The minimum Gasteiger partial charge on any atom is -0.481 e. The van der Waals surface area contributed by atoms with Crippen LogP contribution in [-0.2, 0) is 23.9 Å². The highest BCUT2D eigenvalue weighted by Crippen LogP contribution is 2.39. The molecule has 0 atom stereocenters. The number of Topliss-reactive ketones (excluding diaryl/α,β-unsaturated/α-hetero) is 1. The Bertz CT molecular complexity index is 1490. The molecule has 238 valence electrons. The summed E-state index contributed by atoms with van der Waals surface area (Å²) in [6, 6.07) is 3.79. The second kappa shape index (κ2) is 13.5. The third-order valence-corrected chi connectivity index (χ3v) is 9.41. The fourth-order valence-corrected chi connectivity index (χ4v) is 7.15. The molecular weight excluding hydrogens is 615 g/mol. The van der Waals surface area contributed by atoms with Crippen molar-refractivity contribution in [1.82, 2.24) is 19.9 Å². The Morgan fingerprint density at radius 3 is 2.48 bits per heavy atom. The Balaban J connectivity index is 0.00000442. The van der Waals surface area contributed by atoms with Gasteiger partial charge in [0.1, 0.15) is 16.5 Å². The van der Waals surface area contributed by atoms with E-state index in [-0.39, 0.29) is 41.7 Å². The van der Waals surface area contributed by atoms with Crippen LogP contribution in [0.1, 0.15) is 72.9 Å². The van der Waals surface area contributed by atoms with Crippen LogP contribution < -0.4 is 4.90 Å². The highest BCUT2D eigenvalue weighted by Gasteiger charge is 2.34. The molecule has 0 aliphatic carbocycles. The fraction of sp³-hybridized carbons (Fsp3) is 0.516. The maximum Gasteiger partial charge on any atom is 0.417 e. The van der Waals surface area contributed by atoms with Crippen molar-refractivity contribution in [2.24, 2.45) is 11.3 Å². The highest BCUT2D eigenvalue weighted by atomic mass is 35.5. The number of anilines is 1. The quantitative estimate of drug-likeness (QED) is 0.254. The van der Waals surface area contributed by atoms with Crippen LogP contribution in [0, 0.1) is 11.3 Å². The number of hydrogen-bond acceptors (Lipinski definition) is 8. The number of nitrogens with zero attached hydrogens (tertiary/aromatic N) is 5. The second-order valence-corrected chi connectivity index (χ2v) is 13.6. The first-order valence-corrected chi connectivity index (χ1v) is 15.4. The van der Waals surface area contributed by atoms with Gasteiger partial charge in [0.05, 0.1) is 41.0 Å². The van der Waals surface area contributed by atoms with Crippen LogP contribution in [0.4, 0.5) is 19.0 Å². The summed E-state index contributed by atoms with van der Waals surface area (Å²) >= 11 is 7.21. The molecule has 2 aliphatic heterocycles. The monoisotopic (exact) mass is 651 g/mol. The molecule has 0 saturated carbocycles. The first kappa shape index (κ1) is 33.8. The van der Waals surface area contributed by atoms with Crippen LogP contribution in [0.5, 0.6) is 0 Å². The van der Waals surface area contributed by atoms with Crippen molar-refractivity contribution in [3.8, 4) is 11.3 Å². The Morgan fingerprint density at radius 2 is 1.86 bits per heavy atom. The van der Waals surface area contributed by atoms with Crippen LogP contribution >= 0.6 is 22.9 Å².